The van der Waals surface area contributed by atoms with Gasteiger partial charge < -0.3 is 10.6 Å². The van der Waals surface area contributed by atoms with Crippen molar-refractivity contribution in [3.05, 3.63) is 65.7 Å². The monoisotopic (exact) mass is 417 g/mol. The van der Waals surface area contributed by atoms with Gasteiger partial charge in [-0.15, -0.1) is 0 Å². The molecule has 0 spiro atoms. The van der Waals surface area contributed by atoms with Crippen LogP contribution in [0.4, 0.5) is 0 Å². The molecular formula is C21H27N3O4S. The van der Waals surface area contributed by atoms with Gasteiger partial charge >= 0.3 is 11.8 Å². The highest BCUT2D eigenvalue weighted by molar-refractivity contribution is 7.89. The van der Waals surface area contributed by atoms with Gasteiger partial charge in [-0.2, -0.15) is 0 Å². The lowest BCUT2D eigenvalue weighted by atomic mass is 10.1. The molecule has 29 heavy (non-hydrogen) atoms. The van der Waals surface area contributed by atoms with Crippen molar-refractivity contribution >= 4 is 21.8 Å². The number of benzene rings is 2. The fourth-order valence-electron chi connectivity index (χ4n) is 2.66. The van der Waals surface area contributed by atoms with E-state index in [1.165, 1.54) is 12.1 Å². The van der Waals surface area contributed by atoms with E-state index in [4.69, 9.17) is 0 Å². The van der Waals surface area contributed by atoms with Crippen LogP contribution in [0.3, 0.4) is 0 Å². The summed E-state index contributed by atoms with van der Waals surface area (Å²) in [5, 5.41) is 5.16. The Morgan fingerprint density at radius 2 is 1.28 bits per heavy atom. The number of carbonyl (C=O) groups is 2. The lowest BCUT2D eigenvalue weighted by Crippen LogP contribution is -2.41. The predicted molar refractivity (Wildman–Crippen MR) is 112 cm³/mol. The maximum absolute atomic E-state index is 12.1. The Morgan fingerprint density at radius 1 is 0.793 bits per heavy atom. The van der Waals surface area contributed by atoms with E-state index in [0.29, 0.717) is 19.4 Å². The molecule has 0 aliphatic rings. The van der Waals surface area contributed by atoms with Crippen LogP contribution in [-0.2, 0) is 32.5 Å². The zero-order valence-corrected chi connectivity index (χ0v) is 17.5. The lowest BCUT2D eigenvalue weighted by Gasteiger charge is -2.10. The molecule has 156 valence electrons. The van der Waals surface area contributed by atoms with E-state index in [-0.39, 0.29) is 17.5 Å². The van der Waals surface area contributed by atoms with Crippen LogP contribution < -0.4 is 15.4 Å². The molecule has 0 aliphatic carbocycles. The molecule has 0 heterocycles. The van der Waals surface area contributed by atoms with E-state index in [0.717, 1.165) is 11.1 Å². The zero-order valence-electron chi connectivity index (χ0n) is 16.6. The molecule has 2 aromatic carbocycles. The topological polar surface area (TPSA) is 104 Å². The lowest BCUT2D eigenvalue weighted by molar-refractivity contribution is -0.139. The zero-order chi connectivity index (χ0) is 21.3. The fraction of sp³-hybridized carbons (Fsp3) is 0.333. The normalized spacial score (nSPS) is 11.3. The first kappa shape index (κ1) is 22.6. The third-order valence-corrected chi connectivity index (χ3v) is 5.75. The Bertz CT molecular complexity index is 911. The van der Waals surface area contributed by atoms with Crippen LogP contribution in [0.2, 0.25) is 0 Å². The van der Waals surface area contributed by atoms with Crippen LogP contribution in [0.25, 0.3) is 0 Å². The molecule has 3 N–H and O–H groups in total. The minimum atomic E-state index is -3.52. The van der Waals surface area contributed by atoms with Crippen molar-refractivity contribution in [3.63, 3.8) is 0 Å². The van der Waals surface area contributed by atoms with Crippen molar-refractivity contribution in [3.8, 4) is 0 Å². The van der Waals surface area contributed by atoms with Gasteiger partial charge in [-0.05, 0) is 49.9 Å². The number of hydrogen-bond acceptors (Lipinski definition) is 4. The van der Waals surface area contributed by atoms with Gasteiger partial charge in [-0.3, -0.25) is 9.59 Å². The molecule has 0 atom stereocenters. The first-order valence-corrected chi connectivity index (χ1v) is 11.0. The molecule has 0 aliphatic heterocycles. The van der Waals surface area contributed by atoms with Crippen molar-refractivity contribution in [2.75, 3.05) is 13.1 Å². The summed E-state index contributed by atoms with van der Waals surface area (Å²) in [6.07, 6.45) is 1.14. The van der Waals surface area contributed by atoms with E-state index in [1.807, 2.05) is 30.3 Å². The first-order valence-electron chi connectivity index (χ1n) is 9.49. The van der Waals surface area contributed by atoms with Crippen molar-refractivity contribution in [2.45, 2.75) is 37.6 Å². The Labute approximate surface area is 172 Å². The first-order chi connectivity index (χ1) is 13.8. The molecule has 0 fully saturated rings. The van der Waals surface area contributed by atoms with Crippen molar-refractivity contribution in [2.24, 2.45) is 0 Å². The summed E-state index contributed by atoms with van der Waals surface area (Å²) in [4.78, 5) is 23.9. The number of amides is 2. The second kappa shape index (κ2) is 10.7. The average Bonchev–Trinajstić information content (AvgIpc) is 2.68. The highest BCUT2D eigenvalue weighted by Crippen LogP contribution is 2.11. The van der Waals surface area contributed by atoms with Crippen LogP contribution in [0, 0.1) is 0 Å². The Morgan fingerprint density at radius 3 is 1.76 bits per heavy atom. The van der Waals surface area contributed by atoms with Crippen molar-refractivity contribution in [1.82, 2.24) is 15.4 Å². The van der Waals surface area contributed by atoms with Gasteiger partial charge in [0.05, 0.1) is 4.90 Å². The third kappa shape index (κ3) is 7.67. The van der Waals surface area contributed by atoms with Gasteiger partial charge in [0.15, 0.2) is 0 Å². The van der Waals surface area contributed by atoms with Gasteiger partial charge in [0, 0.05) is 19.1 Å². The van der Waals surface area contributed by atoms with E-state index in [1.54, 1.807) is 26.0 Å². The number of carbonyl (C=O) groups excluding carboxylic acids is 2. The molecule has 2 amide bonds. The summed E-state index contributed by atoms with van der Waals surface area (Å²) >= 11 is 0. The van der Waals surface area contributed by atoms with E-state index >= 15 is 0 Å². The van der Waals surface area contributed by atoms with Gasteiger partial charge in [-0.1, -0.05) is 42.5 Å². The van der Waals surface area contributed by atoms with Crippen molar-refractivity contribution < 1.29 is 18.0 Å². The molecule has 0 aromatic heterocycles. The molecule has 0 saturated heterocycles. The summed E-state index contributed by atoms with van der Waals surface area (Å²) in [7, 11) is -3.52. The molecular weight excluding hydrogens is 390 g/mol. The van der Waals surface area contributed by atoms with Gasteiger partial charge in [-0.25, -0.2) is 13.1 Å². The number of nitrogens with one attached hydrogen (secondary N) is 3. The highest BCUT2D eigenvalue weighted by atomic mass is 32.2. The summed E-state index contributed by atoms with van der Waals surface area (Å²) in [5.74, 6) is -1.35. The molecule has 0 unspecified atom stereocenters. The standard InChI is InChI=1S/C21H27N3O4S/c1-16(2)24-29(27,28)19-10-8-18(9-11-19)13-15-23-21(26)20(25)22-14-12-17-6-4-3-5-7-17/h3-11,16,24H,12-15H2,1-2H3,(H,22,25)(H,23,26). The molecule has 0 radical (unpaired) electrons. The predicted octanol–water partition coefficient (Wildman–Crippen LogP) is 1.39. The largest absolute Gasteiger partial charge is 0.348 e. The summed E-state index contributed by atoms with van der Waals surface area (Å²) in [6, 6.07) is 15.9. The Balaban J connectivity index is 1.73. The summed E-state index contributed by atoms with van der Waals surface area (Å²) in [6.45, 7) is 4.18. The third-order valence-electron chi connectivity index (χ3n) is 4.07. The van der Waals surface area contributed by atoms with Crippen LogP contribution in [0.1, 0.15) is 25.0 Å². The summed E-state index contributed by atoms with van der Waals surface area (Å²) < 4.78 is 26.7. The SMILES string of the molecule is CC(C)NS(=O)(=O)c1ccc(CCNC(=O)C(=O)NCCc2ccccc2)cc1. The maximum atomic E-state index is 12.1. The van der Waals surface area contributed by atoms with Gasteiger partial charge in [0.2, 0.25) is 10.0 Å². The smallest absolute Gasteiger partial charge is 0.309 e. The minimum absolute atomic E-state index is 0.186. The van der Waals surface area contributed by atoms with Crippen molar-refractivity contribution in [1.29, 1.82) is 0 Å². The van der Waals surface area contributed by atoms with Crippen LogP contribution >= 0.6 is 0 Å². The molecule has 8 heteroatoms. The number of sulfonamides is 1. The molecule has 2 rings (SSSR count). The average molecular weight is 418 g/mol. The maximum Gasteiger partial charge on any atom is 0.309 e. The molecule has 2 aromatic rings. The second-order valence-electron chi connectivity index (χ2n) is 6.92. The van der Waals surface area contributed by atoms with E-state index < -0.39 is 21.8 Å². The second-order valence-corrected chi connectivity index (χ2v) is 8.63. The van der Waals surface area contributed by atoms with Gasteiger partial charge in [0.25, 0.3) is 0 Å². The minimum Gasteiger partial charge on any atom is -0.348 e. The summed E-state index contributed by atoms with van der Waals surface area (Å²) in [5.41, 5.74) is 1.94. The van der Waals surface area contributed by atoms with E-state index in [9.17, 15) is 18.0 Å². The quantitative estimate of drug-likeness (QED) is 0.536. The number of hydrogen-bond donors (Lipinski definition) is 3. The van der Waals surface area contributed by atoms with Gasteiger partial charge in [0.1, 0.15) is 0 Å². The molecule has 0 bridgehead atoms. The Kier molecular flexibility index (Phi) is 8.35. The van der Waals surface area contributed by atoms with E-state index in [2.05, 4.69) is 15.4 Å². The molecule has 0 saturated carbocycles. The fourth-order valence-corrected chi connectivity index (χ4v) is 3.91. The van der Waals surface area contributed by atoms with Crippen LogP contribution in [-0.4, -0.2) is 39.4 Å². The Hall–Kier alpha value is -2.71. The molecule has 7 nitrogen and oxygen atoms in total. The highest BCUT2D eigenvalue weighted by Gasteiger charge is 2.15. The number of rotatable bonds is 9. The van der Waals surface area contributed by atoms with Crippen LogP contribution in [0.15, 0.2) is 59.5 Å². The van der Waals surface area contributed by atoms with Crippen LogP contribution in [0.5, 0.6) is 0 Å².